The normalized spacial score (nSPS) is 18.1. The van der Waals surface area contributed by atoms with Gasteiger partial charge in [-0.05, 0) is 30.5 Å². The molecule has 0 aromatic heterocycles. The minimum Gasteiger partial charge on any atom is -0.383 e. The van der Waals surface area contributed by atoms with Crippen LogP contribution in [0.1, 0.15) is 12.0 Å². The fraction of sp³-hybridized carbons (Fsp3) is 0.588. The van der Waals surface area contributed by atoms with Crippen molar-refractivity contribution in [1.82, 2.24) is 15.1 Å². The zero-order valence-corrected chi connectivity index (χ0v) is 14.7. The van der Waals surface area contributed by atoms with E-state index in [2.05, 4.69) is 10.2 Å². The molecule has 1 saturated heterocycles. The highest BCUT2D eigenvalue weighted by molar-refractivity contribution is 6.31. The number of rotatable bonds is 7. The standard InChI is InChI=1S/C17H26ClN3O2/c1-20(13-15-5-3-4-6-16(15)18)17(22)19-11-14-7-8-21(12-14)9-10-23-2/h3-6,14H,7-13H2,1-2H3,(H,19,22). The lowest BCUT2D eigenvalue weighted by Gasteiger charge is -2.20. The van der Waals surface area contributed by atoms with Crippen molar-refractivity contribution in [2.24, 2.45) is 5.92 Å². The average Bonchev–Trinajstić information content (AvgIpc) is 3.00. The first-order valence-electron chi connectivity index (χ1n) is 8.03. The van der Waals surface area contributed by atoms with Crippen molar-refractivity contribution in [3.05, 3.63) is 34.9 Å². The second-order valence-corrected chi connectivity index (χ2v) is 6.49. The van der Waals surface area contributed by atoms with Crippen LogP contribution in [0.4, 0.5) is 4.79 Å². The summed E-state index contributed by atoms with van der Waals surface area (Å²) in [6.45, 7) is 5.07. The molecule has 1 fully saturated rings. The molecule has 0 saturated carbocycles. The van der Waals surface area contributed by atoms with Gasteiger partial charge < -0.3 is 19.9 Å². The van der Waals surface area contributed by atoms with Gasteiger partial charge in [0.15, 0.2) is 0 Å². The molecule has 1 aliphatic heterocycles. The van der Waals surface area contributed by atoms with Crippen LogP contribution in [0.2, 0.25) is 5.02 Å². The van der Waals surface area contributed by atoms with Crippen LogP contribution in [0, 0.1) is 5.92 Å². The number of ether oxygens (including phenoxy) is 1. The smallest absolute Gasteiger partial charge is 0.317 e. The highest BCUT2D eigenvalue weighted by Crippen LogP contribution is 2.17. The van der Waals surface area contributed by atoms with Gasteiger partial charge in [-0.3, -0.25) is 0 Å². The second kappa shape index (κ2) is 9.11. The number of methoxy groups -OCH3 is 1. The SMILES string of the molecule is COCCN1CCC(CNC(=O)N(C)Cc2ccccc2Cl)C1. The van der Waals surface area contributed by atoms with E-state index in [1.54, 1.807) is 19.1 Å². The third-order valence-electron chi connectivity index (χ3n) is 4.24. The summed E-state index contributed by atoms with van der Waals surface area (Å²) in [6.07, 6.45) is 1.12. The Bertz CT molecular complexity index is 512. The Kier molecular flexibility index (Phi) is 7.15. The molecule has 1 aromatic rings. The summed E-state index contributed by atoms with van der Waals surface area (Å²) in [6, 6.07) is 7.55. The summed E-state index contributed by atoms with van der Waals surface area (Å²) in [5.74, 6) is 0.518. The molecule has 0 aliphatic carbocycles. The van der Waals surface area contributed by atoms with Crippen molar-refractivity contribution in [2.75, 3.05) is 46.9 Å². The van der Waals surface area contributed by atoms with E-state index in [1.807, 2.05) is 24.3 Å². The Labute approximate surface area is 143 Å². The van der Waals surface area contributed by atoms with Gasteiger partial charge in [0.1, 0.15) is 0 Å². The predicted octanol–water partition coefficient (Wildman–Crippen LogP) is 2.45. The Balaban J connectivity index is 1.71. The van der Waals surface area contributed by atoms with Gasteiger partial charge in [-0.1, -0.05) is 29.8 Å². The predicted molar refractivity (Wildman–Crippen MR) is 92.7 cm³/mol. The molecule has 1 N–H and O–H groups in total. The number of carbonyl (C=O) groups is 1. The maximum atomic E-state index is 12.2. The van der Waals surface area contributed by atoms with Crippen LogP contribution in [0.25, 0.3) is 0 Å². The number of amides is 2. The molecule has 1 atom stereocenters. The third-order valence-corrected chi connectivity index (χ3v) is 4.60. The van der Waals surface area contributed by atoms with Crippen molar-refractivity contribution < 1.29 is 9.53 Å². The summed E-state index contributed by atoms with van der Waals surface area (Å²) in [4.78, 5) is 16.3. The van der Waals surface area contributed by atoms with E-state index in [0.717, 1.165) is 44.8 Å². The topological polar surface area (TPSA) is 44.8 Å². The van der Waals surface area contributed by atoms with Crippen molar-refractivity contribution in [2.45, 2.75) is 13.0 Å². The van der Waals surface area contributed by atoms with Gasteiger partial charge in [-0.2, -0.15) is 0 Å². The zero-order chi connectivity index (χ0) is 16.7. The molecule has 0 bridgehead atoms. The van der Waals surface area contributed by atoms with Crippen LogP contribution < -0.4 is 5.32 Å². The first kappa shape index (κ1) is 18.0. The Hall–Kier alpha value is -1.30. The molecule has 6 heteroatoms. The molecule has 2 rings (SSSR count). The number of carbonyl (C=O) groups excluding carboxylic acids is 1. The maximum absolute atomic E-state index is 12.2. The van der Waals surface area contributed by atoms with Crippen LogP contribution in [0.3, 0.4) is 0 Å². The van der Waals surface area contributed by atoms with Crippen LogP contribution in [0.5, 0.6) is 0 Å². The highest BCUT2D eigenvalue weighted by Gasteiger charge is 2.22. The average molecular weight is 340 g/mol. The molecule has 1 aromatic carbocycles. The molecule has 128 valence electrons. The minimum atomic E-state index is -0.0553. The molecule has 1 aliphatic rings. The van der Waals surface area contributed by atoms with E-state index < -0.39 is 0 Å². The molecule has 1 heterocycles. The summed E-state index contributed by atoms with van der Waals surface area (Å²) in [7, 11) is 3.51. The number of nitrogens with zero attached hydrogens (tertiary/aromatic N) is 2. The van der Waals surface area contributed by atoms with Crippen LogP contribution in [0.15, 0.2) is 24.3 Å². The van der Waals surface area contributed by atoms with Gasteiger partial charge in [-0.25, -0.2) is 4.79 Å². The molecule has 0 radical (unpaired) electrons. The van der Waals surface area contributed by atoms with Gasteiger partial charge >= 0.3 is 6.03 Å². The van der Waals surface area contributed by atoms with E-state index >= 15 is 0 Å². The molecular weight excluding hydrogens is 314 g/mol. The summed E-state index contributed by atoms with van der Waals surface area (Å²) in [5.41, 5.74) is 0.957. The van der Waals surface area contributed by atoms with Gasteiger partial charge in [0.2, 0.25) is 0 Å². The van der Waals surface area contributed by atoms with Gasteiger partial charge in [0.25, 0.3) is 0 Å². The maximum Gasteiger partial charge on any atom is 0.317 e. The Morgan fingerprint density at radius 1 is 1.48 bits per heavy atom. The summed E-state index contributed by atoms with van der Waals surface area (Å²) in [5, 5.41) is 3.72. The van der Waals surface area contributed by atoms with Gasteiger partial charge in [0, 0.05) is 45.4 Å². The van der Waals surface area contributed by atoms with Crippen molar-refractivity contribution in [3.63, 3.8) is 0 Å². The number of likely N-dealkylation sites (tertiary alicyclic amines) is 1. The number of nitrogens with one attached hydrogen (secondary N) is 1. The van der Waals surface area contributed by atoms with E-state index in [9.17, 15) is 4.79 Å². The molecule has 23 heavy (non-hydrogen) atoms. The lowest BCUT2D eigenvalue weighted by molar-refractivity contribution is 0.158. The number of urea groups is 1. The van der Waals surface area contributed by atoms with E-state index in [-0.39, 0.29) is 6.03 Å². The van der Waals surface area contributed by atoms with Crippen LogP contribution >= 0.6 is 11.6 Å². The monoisotopic (exact) mass is 339 g/mol. The minimum absolute atomic E-state index is 0.0553. The lowest BCUT2D eigenvalue weighted by Crippen LogP contribution is -2.39. The van der Waals surface area contributed by atoms with Crippen LogP contribution in [-0.4, -0.2) is 62.8 Å². The molecule has 1 unspecified atom stereocenters. The third kappa shape index (κ3) is 5.68. The first-order valence-corrected chi connectivity index (χ1v) is 8.41. The number of benzene rings is 1. The molecule has 0 spiro atoms. The number of halogens is 1. The fourth-order valence-electron chi connectivity index (χ4n) is 2.82. The zero-order valence-electron chi connectivity index (χ0n) is 13.9. The van der Waals surface area contributed by atoms with Gasteiger partial charge in [0.05, 0.1) is 6.61 Å². The second-order valence-electron chi connectivity index (χ2n) is 6.08. The van der Waals surface area contributed by atoms with E-state index in [1.165, 1.54) is 0 Å². The van der Waals surface area contributed by atoms with E-state index in [0.29, 0.717) is 17.5 Å². The molecular formula is C17H26ClN3O2. The Morgan fingerprint density at radius 2 is 2.26 bits per heavy atom. The fourth-order valence-corrected chi connectivity index (χ4v) is 3.02. The largest absolute Gasteiger partial charge is 0.383 e. The number of hydrogen-bond acceptors (Lipinski definition) is 3. The summed E-state index contributed by atoms with van der Waals surface area (Å²) < 4.78 is 5.11. The van der Waals surface area contributed by atoms with Crippen molar-refractivity contribution in [1.29, 1.82) is 0 Å². The molecule has 5 nitrogen and oxygen atoms in total. The number of hydrogen-bond donors (Lipinski definition) is 1. The van der Waals surface area contributed by atoms with Crippen LogP contribution in [-0.2, 0) is 11.3 Å². The van der Waals surface area contributed by atoms with E-state index in [4.69, 9.17) is 16.3 Å². The highest BCUT2D eigenvalue weighted by atomic mass is 35.5. The van der Waals surface area contributed by atoms with Crippen molar-refractivity contribution in [3.8, 4) is 0 Å². The quantitative estimate of drug-likeness (QED) is 0.830. The summed E-state index contributed by atoms with van der Waals surface area (Å²) >= 11 is 6.14. The van der Waals surface area contributed by atoms with Gasteiger partial charge in [-0.15, -0.1) is 0 Å². The Morgan fingerprint density at radius 3 is 3.00 bits per heavy atom. The lowest BCUT2D eigenvalue weighted by atomic mass is 10.1. The van der Waals surface area contributed by atoms with Crippen molar-refractivity contribution >= 4 is 17.6 Å². The molecule has 2 amide bonds. The first-order chi connectivity index (χ1) is 11.1.